The maximum atomic E-state index is 12.7. The Balaban J connectivity index is 1.55. The number of hydrogen-bond acceptors (Lipinski definition) is 3. The molecule has 0 aliphatic carbocycles. The van der Waals surface area contributed by atoms with Gasteiger partial charge in [-0.3, -0.25) is 9.59 Å². The molecule has 2 aromatic rings. The molecule has 2 fully saturated rings. The first-order chi connectivity index (χ1) is 13.0. The minimum atomic E-state index is -2.77. The van der Waals surface area contributed by atoms with E-state index in [9.17, 15) is 18.4 Å². The summed E-state index contributed by atoms with van der Waals surface area (Å²) in [5.74, 6) is -0.0329. The van der Waals surface area contributed by atoms with E-state index in [-0.39, 0.29) is 35.4 Å². The zero-order valence-electron chi connectivity index (χ0n) is 14.8. The Hall–Kier alpha value is -2.77. The molecule has 0 N–H and O–H groups in total. The molecule has 6 nitrogen and oxygen atoms in total. The van der Waals surface area contributed by atoms with Crippen LogP contribution in [0.1, 0.15) is 35.6 Å². The molecule has 27 heavy (non-hydrogen) atoms. The lowest BCUT2D eigenvalue weighted by Crippen LogP contribution is -2.36. The van der Waals surface area contributed by atoms with Crippen molar-refractivity contribution in [1.29, 1.82) is 0 Å². The molecule has 0 bridgehead atoms. The van der Waals surface area contributed by atoms with Crippen molar-refractivity contribution in [2.75, 3.05) is 19.6 Å². The van der Waals surface area contributed by atoms with Crippen molar-refractivity contribution in [3.63, 3.8) is 0 Å². The quantitative estimate of drug-likeness (QED) is 0.830. The third-order valence-corrected chi connectivity index (χ3v) is 5.52. The van der Waals surface area contributed by atoms with Crippen molar-refractivity contribution in [3.8, 4) is 0 Å². The van der Waals surface area contributed by atoms with Gasteiger partial charge in [-0.1, -0.05) is 30.3 Å². The van der Waals surface area contributed by atoms with Crippen LogP contribution < -0.4 is 0 Å². The number of amides is 2. The molecule has 0 saturated carbocycles. The minimum Gasteiger partial charge on any atom is -0.337 e. The van der Waals surface area contributed by atoms with Crippen LogP contribution in [0.3, 0.4) is 0 Å². The van der Waals surface area contributed by atoms with Crippen LogP contribution in [-0.4, -0.2) is 51.0 Å². The summed E-state index contributed by atoms with van der Waals surface area (Å²) in [4.78, 5) is 28.4. The van der Waals surface area contributed by atoms with E-state index in [0.29, 0.717) is 24.3 Å². The highest BCUT2D eigenvalue weighted by atomic mass is 19.3. The van der Waals surface area contributed by atoms with Crippen LogP contribution in [0, 0.1) is 11.8 Å². The van der Waals surface area contributed by atoms with Crippen LogP contribution >= 0.6 is 0 Å². The van der Waals surface area contributed by atoms with E-state index < -0.39 is 6.55 Å². The number of likely N-dealkylation sites (tertiary alicyclic amines) is 2. The van der Waals surface area contributed by atoms with Crippen molar-refractivity contribution in [1.82, 2.24) is 19.6 Å². The van der Waals surface area contributed by atoms with Crippen LogP contribution in [0.15, 0.2) is 42.6 Å². The third-order valence-electron chi connectivity index (χ3n) is 5.52. The summed E-state index contributed by atoms with van der Waals surface area (Å²) >= 11 is 0. The van der Waals surface area contributed by atoms with Gasteiger partial charge in [0.25, 0.3) is 5.91 Å². The first kappa shape index (κ1) is 17.6. The van der Waals surface area contributed by atoms with Gasteiger partial charge in [0.15, 0.2) is 5.69 Å². The van der Waals surface area contributed by atoms with Gasteiger partial charge in [0.05, 0.1) is 6.04 Å². The van der Waals surface area contributed by atoms with Crippen molar-refractivity contribution in [2.24, 2.45) is 11.8 Å². The van der Waals surface area contributed by atoms with Gasteiger partial charge in [-0.25, -0.2) is 4.68 Å². The highest BCUT2D eigenvalue weighted by Gasteiger charge is 2.49. The lowest BCUT2D eigenvalue weighted by Gasteiger charge is -2.29. The van der Waals surface area contributed by atoms with E-state index in [4.69, 9.17) is 0 Å². The van der Waals surface area contributed by atoms with Crippen LogP contribution in [0.2, 0.25) is 0 Å². The fourth-order valence-corrected chi connectivity index (χ4v) is 4.34. The Labute approximate surface area is 155 Å². The summed E-state index contributed by atoms with van der Waals surface area (Å²) in [7, 11) is 0. The number of carbonyl (C=O) groups is 2. The Morgan fingerprint density at radius 2 is 1.85 bits per heavy atom. The van der Waals surface area contributed by atoms with E-state index in [0.717, 1.165) is 11.8 Å². The fourth-order valence-electron chi connectivity index (χ4n) is 4.34. The second-order valence-electron chi connectivity index (χ2n) is 7.12. The number of nitrogens with zero attached hydrogens (tertiary/aromatic N) is 4. The second kappa shape index (κ2) is 6.75. The van der Waals surface area contributed by atoms with Gasteiger partial charge in [-0.2, -0.15) is 13.9 Å². The lowest BCUT2D eigenvalue weighted by molar-refractivity contribution is -0.130. The Morgan fingerprint density at radius 1 is 1.11 bits per heavy atom. The summed E-state index contributed by atoms with van der Waals surface area (Å²) in [5.41, 5.74) is 1.08. The SMILES string of the molecule is CC(=O)N1C[C@H]2CN(C(=O)c3ccn(C(F)F)n3)C[C@H]2[C@@H]1c1ccccc1. The van der Waals surface area contributed by atoms with Gasteiger partial charge in [0.1, 0.15) is 0 Å². The number of halogens is 2. The van der Waals surface area contributed by atoms with Gasteiger partial charge in [0, 0.05) is 44.6 Å². The van der Waals surface area contributed by atoms with E-state index in [1.165, 1.54) is 6.07 Å². The fraction of sp³-hybridized carbons (Fsp3) is 0.421. The zero-order chi connectivity index (χ0) is 19.1. The monoisotopic (exact) mass is 374 g/mol. The van der Waals surface area contributed by atoms with Gasteiger partial charge < -0.3 is 9.80 Å². The number of rotatable bonds is 3. The van der Waals surface area contributed by atoms with E-state index in [1.807, 2.05) is 35.2 Å². The minimum absolute atomic E-state index is 0.0202. The molecule has 1 aromatic heterocycles. The Bertz CT molecular complexity index is 854. The summed E-state index contributed by atoms with van der Waals surface area (Å²) in [6.07, 6.45) is 1.11. The first-order valence-electron chi connectivity index (χ1n) is 8.90. The first-order valence-corrected chi connectivity index (χ1v) is 8.90. The average Bonchev–Trinajstić information content (AvgIpc) is 3.35. The topological polar surface area (TPSA) is 58.4 Å². The number of aromatic nitrogens is 2. The van der Waals surface area contributed by atoms with Crippen molar-refractivity contribution in [3.05, 3.63) is 53.9 Å². The van der Waals surface area contributed by atoms with Crippen molar-refractivity contribution in [2.45, 2.75) is 19.5 Å². The normalized spacial score (nSPS) is 24.5. The Morgan fingerprint density at radius 3 is 2.48 bits per heavy atom. The van der Waals surface area contributed by atoms with Crippen LogP contribution in [0.5, 0.6) is 0 Å². The van der Waals surface area contributed by atoms with E-state index >= 15 is 0 Å². The number of fused-ring (bicyclic) bond motifs is 1. The predicted octanol–water partition coefficient (Wildman–Crippen LogP) is 2.57. The number of carbonyl (C=O) groups excluding carboxylic acids is 2. The Kier molecular flexibility index (Phi) is 4.41. The molecule has 3 atom stereocenters. The lowest BCUT2D eigenvalue weighted by atomic mass is 9.89. The molecule has 8 heteroatoms. The predicted molar refractivity (Wildman–Crippen MR) is 92.9 cm³/mol. The molecule has 142 valence electrons. The third kappa shape index (κ3) is 3.09. The molecule has 1 aromatic carbocycles. The molecule has 0 unspecified atom stereocenters. The summed E-state index contributed by atoms with van der Waals surface area (Å²) < 4.78 is 25.9. The largest absolute Gasteiger partial charge is 0.337 e. The molecule has 0 spiro atoms. The molecule has 3 heterocycles. The van der Waals surface area contributed by atoms with Crippen LogP contribution in [-0.2, 0) is 4.79 Å². The van der Waals surface area contributed by atoms with E-state index in [1.54, 1.807) is 11.8 Å². The molecule has 2 saturated heterocycles. The number of hydrogen-bond donors (Lipinski definition) is 0. The van der Waals surface area contributed by atoms with Crippen molar-refractivity contribution < 1.29 is 18.4 Å². The molecule has 2 aliphatic rings. The zero-order valence-corrected chi connectivity index (χ0v) is 14.8. The van der Waals surface area contributed by atoms with Crippen LogP contribution in [0.4, 0.5) is 8.78 Å². The molecule has 2 aliphatic heterocycles. The standard InChI is InChI=1S/C19H20F2N4O2/c1-12(26)24-10-14-9-23(18(27)16-7-8-25(22-16)19(20)21)11-15(14)17(24)13-5-3-2-4-6-13/h2-8,14-15,17,19H,9-11H2,1H3/t14-,15-,17+/m1/s1. The number of alkyl halides is 2. The van der Waals surface area contributed by atoms with Crippen LogP contribution in [0.25, 0.3) is 0 Å². The smallest absolute Gasteiger partial charge is 0.333 e. The van der Waals surface area contributed by atoms with Crippen molar-refractivity contribution >= 4 is 11.8 Å². The highest BCUT2D eigenvalue weighted by Crippen LogP contribution is 2.45. The molecule has 4 rings (SSSR count). The highest BCUT2D eigenvalue weighted by molar-refractivity contribution is 5.92. The molecule has 0 radical (unpaired) electrons. The molecular formula is C19H20F2N4O2. The van der Waals surface area contributed by atoms with Gasteiger partial charge >= 0.3 is 6.55 Å². The summed E-state index contributed by atoms with van der Waals surface area (Å²) in [6.45, 7) is 0.370. The average molecular weight is 374 g/mol. The van der Waals surface area contributed by atoms with Gasteiger partial charge in [-0.05, 0) is 11.6 Å². The van der Waals surface area contributed by atoms with Gasteiger partial charge in [-0.15, -0.1) is 0 Å². The van der Waals surface area contributed by atoms with E-state index in [2.05, 4.69) is 5.10 Å². The maximum absolute atomic E-state index is 12.7. The summed E-state index contributed by atoms with van der Waals surface area (Å²) in [6, 6.07) is 11.0. The molecular weight excluding hydrogens is 354 g/mol. The second-order valence-corrected chi connectivity index (χ2v) is 7.12. The molecule has 2 amide bonds. The number of benzene rings is 1. The van der Waals surface area contributed by atoms with Gasteiger partial charge in [0.2, 0.25) is 5.91 Å². The summed E-state index contributed by atoms with van der Waals surface area (Å²) in [5, 5.41) is 3.68. The maximum Gasteiger partial charge on any atom is 0.333 e.